The second-order valence-electron chi connectivity index (χ2n) is 9.31. The molecule has 7 nitrogen and oxygen atoms in total. The van der Waals surface area contributed by atoms with Crippen LogP contribution in [-0.2, 0) is 14.4 Å². The van der Waals surface area contributed by atoms with Crippen LogP contribution < -0.4 is 4.74 Å². The molecular formula is C22H23N3O4. The Labute approximate surface area is 169 Å². The van der Waals surface area contributed by atoms with Crippen molar-refractivity contribution in [1.29, 1.82) is 5.26 Å². The minimum absolute atomic E-state index is 0.00670. The summed E-state index contributed by atoms with van der Waals surface area (Å²) in [7, 11) is 0. The predicted molar refractivity (Wildman–Crippen MR) is 103 cm³/mol. The van der Waals surface area contributed by atoms with Crippen molar-refractivity contribution in [3.63, 3.8) is 0 Å². The molecule has 0 radical (unpaired) electrons. The molecule has 1 aromatic carbocycles. The number of benzene rings is 1. The maximum Gasteiger partial charge on any atom is 0.234 e. The van der Waals surface area contributed by atoms with Gasteiger partial charge in [-0.2, -0.15) is 5.26 Å². The van der Waals surface area contributed by atoms with Gasteiger partial charge in [0.1, 0.15) is 17.9 Å². The Morgan fingerprint density at radius 2 is 1.86 bits per heavy atom. The smallest absolute Gasteiger partial charge is 0.234 e. The van der Waals surface area contributed by atoms with Gasteiger partial charge in [0.2, 0.25) is 11.8 Å². The predicted octanol–water partition coefficient (Wildman–Crippen LogP) is 2.36. The minimum Gasteiger partial charge on any atom is -0.478 e. The van der Waals surface area contributed by atoms with Crippen molar-refractivity contribution in [2.45, 2.75) is 38.8 Å². The molecule has 2 aliphatic carbocycles. The van der Waals surface area contributed by atoms with E-state index >= 15 is 0 Å². The van der Waals surface area contributed by atoms with E-state index in [0.29, 0.717) is 5.75 Å². The molecule has 29 heavy (non-hydrogen) atoms. The van der Waals surface area contributed by atoms with E-state index in [4.69, 9.17) is 14.8 Å². The van der Waals surface area contributed by atoms with Gasteiger partial charge in [-0.3, -0.25) is 14.5 Å². The summed E-state index contributed by atoms with van der Waals surface area (Å²) in [6.45, 7) is 5.65. The van der Waals surface area contributed by atoms with Crippen LogP contribution in [0.15, 0.2) is 29.4 Å². The van der Waals surface area contributed by atoms with E-state index in [1.165, 1.54) is 4.90 Å². The Balaban J connectivity index is 1.49. The van der Waals surface area contributed by atoms with Crippen LogP contribution in [-0.4, -0.2) is 40.7 Å². The Morgan fingerprint density at radius 1 is 1.17 bits per heavy atom. The fraction of sp³-hybridized carbons (Fsp3) is 0.545. The number of nitrogens with zero attached hydrogens (tertiary/aromatic N) is 3. The molecule has 0 aromatic heterocycles. The van der Waals surface area contributed by atoms with Crippen LogP contribution in [0.4, 0.5) is 0 Å². The number of imide groups is 1. The van der Waals surface area contributed by atoms with Crippen molar-refractivity contribution in [2.75, 3.05) is 6.61 Å². The highest BCUT2D eigenvalue weighted by molar-refractivity contribution is 6.10. The molecule has 7 heteroatoms. The van der Waals surface area contributed by atoms with E-state index in [-0.39, 0.29) is 54.1 Å². The molecule has 4 aliphatic rings. The molecule has 5 rings (SSSR count). The van der Waals surface area contributed by atoms with Gasteiger partial charge in [-0.15, -0.1) is 0 Å². The van der Waals surface area contributed by atoms with E-state index in [2.05, 4.69) is 5.16 Å². The largest absolute Gasteiger partial charge is 0.478 e. The zero-order chi connectivity index (χ0) is 20.5. The average Bonchev–Trinajstić information content (AvgIpc) is 3.39. The van der Waals surface area contributed by atoms with Crippen LogP contribution in [0.25, 0.3) is 0 Å². The summed E-state index contributed by atoms with van der Waals surface area (Å²) in [4.78, 5) is 33.6. The number of ether oxygens (including phenoxy) is 1. The van der Waals surface area contributed by atoms with E-state index in [1.807, 2.05) is 51.1 Å². The SMILES string of the molecule is CC(C)(C)N1C(=O)C2C3CC(C4C(c5ccccc5OCC#N)=NOC34)C2C1=O. The first-order valence-corrected chi connectivity index (χ1v) is 10.1. The summed E-state index contributed by atoms with van der Waals surface area (Å²) in [5.41, 5.74) is 1.04. The molecule has 2 saturated carbocycles. The van der Waals surface area contributed by atoms with Crippen molar-refractivity contribution in [2.24, 2.45) is 34.7 Å². The summed E-state index contributed by atoms with van der Waals surface area (Å²) < 4.78 is 5.59. The summed E-state index contributed by atoms with van der Waals surface area (Å²) in [5.74, 6) is -0.130. The lowest BCUT2D eigenvalue weighted by Gasteiger charge is -2.31. The third kappa shape index (κ3) is 2.38. The van der Waals surface area contributed by atoms with Crippen molar-refractivity contribution in [1.82, 2.24) is 4.90 Å². The van der Waals surface area contributed by atoms with Crippen LogP contribution in [0.1, 0.15) is 32.8 Å². The second-order valence-corrected chi connectivity index (χ2v) is 9.31. The molecule has 3 fully saturated rings. The molecule has 1 saturated heterocycles. The van der Waals surface area contributed by atoms with Crippen LogP contribution in [0.5, 0.6) is 5.75 Å². The Bertz CT molecular complexity index is 973. The summed E-state index contributed by atoms with van der Waals surface area (Å²) >= 11 is 0. The fourth-order valence-electron chi connectivity index (χ4n) is 5.92. The Kier molecular flexibility index (Phi) is 3.79. The number of hydrogen-bond acceptors (Lipinski definition) is 6. The Hall–Kier alpha value is -2.88. The molecule has 2 amide bonds. The highest BCUT2D eigenvalue weighted by Crippen LogP contribution is 2.62. The van der Waals surface area contributed by atoms with Crippen LogP contribution >= 0.6 is 0 Å². The topological polar surface area (TPSA) is 92.0 Å². The van der Waals surface area contributed by atoms with Gasteiger partial charge in [-0.1, -0.05) is 17.3 Å². The fourth-order valence-corrected chi connectivity index (χ4v) is 5.92. The highest BCUT2D eigenvalue weighted by Gasteiger charge is 2.71. The van der Waals surface area contributed by atoms with Gasteiger partial charge in [0, 0.05) is 22.9 Å². The van der Waals surface area contributed by atoms with Crippen molar-refractivity contribution in [3.8, 4) is 11.8 Å². The normalized spacial score (nSPS) is 34.6. The van der Waals surface area contributed by atoms with Crippen LogP contribution in [0.2, 0.25) is 0 Å². The summed E-state index contributed by atoms with van der Waals surface area (Å²) in [5, 5.41) is 13.2. The van der Waals surface area contributed by atoms with Gasteiger partial charge in [-0.05, 0) is 45.2 Å². The number of likely N-dealkylation sites (tertiary alicyclic amines) is 1. The molecule has 0 N–H and O–H groups in total. The molecule has 150 valence electrons. The van der Waals surface area contributed by atoms with Gasteiger partial charge in [0.25, 0.3) is 0 Å². The molecule has 6 atom stereocenters. The van der Waals surface area contributed by atoms with Gasteiger partial charge >= 0.3 is 0 Å². The zero-order valence-corrected chi connectivity index (χ0v) is 16.7. The number of oxime groups is 1. The van der Waals surface area contributed by atoms with Crippen LogP contribution in [0, 0.1) is 40.9 Å². The highest BCUT2D eigenvalue weighted by atomic mass is 16.6. The number of carbonyl (C=O) groups excluding carboxylic acids is 2. The van der Waals surface area contributed by atoms with Gasteiger partial charge < -0.3 is 9.57 Å². The minimum atomic E-state index is -0.525. The van der Waals surface area contributed by atoms with Gasteiger partial charge in [0.15, 0.2) is 6.61 Å². The third-order valence-corrected chi connectivity index (χ3v) is 6.82. The first kappa shape index (κ1) is 18.2. The molecule has 6 unspecified atom stereocenters. The monoisotopic (exact) mass is 393 g/mol. The number of rotatable bonds is 3. The van der Waals surface area contributed by atoms with Gasteiger partial charge in [-0.25, -0.2) is 0 Å². The summed E-state index contributed by atoms with van der Waals surface area (Å²) in [6.07, 6.45) is 0.623. The van der Waals surface area contributed by atoms with Crippen molar-refractivity contribution in [3.05, 3.63) is 29.8 Å². The summed E-state index contributed by atoms with van der Waals surface area (Å²) in [6, 6.07) is 9.45. The van der Waals surface area contributed by atoms with E-state index in [0.717, 1.165) is 17.7 Å². The lowest BCUT2D eigenvalue weighted by molar-refractivity contribution is -0.146. The lowest BCUT2D eigenvalue weighted by Crippen LogP contribution is -2.46. The number of para-hydroxylation sites is 1. The van der Waals surface area contributed by atoms with E-state index < -0.39 is 5.54 Å². The zero-order valence-electron chi connectivity index (χ0n) is 16.7. The molecule has 2 heterocycles. The first-order valence-electron chi connectivity index (χ1n) is 10.1. The van der Waals surface area contributed by atoms with E-state index in [9.17, 15) is 9.59 Å². The van der Waals surface area contributed by atoms with Crippen molar-refractivity contribution < 1.29 is 19.2 Å². The molecule has 2 bridgehead atoms. The lowest BCUT2D eigenvalue weighted by atomic mass is 9.71. The number of carbonyl (C=O) groups is 2. The van der Waals surface area contributed by atoms with Crippen LogP contribution in [0.3, 0.4) is 0 Å². The number of hydrogen-bond donors (Lipinski definition) is 0. The standard InChI is InChI=1S/C22H23N3O4/c1-22(2,3)25-20(26)15-12-10-13(16(15)21(25)27)19-17(12)18(24-29-19)11-6-4-5-7-14(11)28-9-8-23/h4-7,12-13,15-17,19H,9-10H2,1-3H3. The number of nitriles is 1. The average molecular weight is 393 g/mol. The first-order chi connectivity index (χ1) is 13.8. The number of amides is 2. The molecule has 2 aliphatic heterocycles. The molecular weight excluding hydrogens is 370 g/mol. The second kappa shape index (κ2) is 6.06. The van der Waals surface area contributed by atoms with Gasteiger partial charge in [0.05, 0.1) is 17.5 Å². The quantitative estimate of drug-likeness (QED) is 0.735. The van der Waals surface area contributed by atoms with E-state index in [1.54, 1.807) is 0 Å². The third-order valence-electron chi connectivity index (χ3n) is 6.82. The number of fused-ring (bicyclic) bond motifs is 8. The Morgan fingerprint density at radius 3 is 2.55 bits per heavy atom. The molecule has 1 aromatic rings. The maximum absolute atomic E-state index is 13.2. The maximum atomic E-state index is 13.2. The van der Waals surface area contributed by atoms with Crippen molar-refractivity contribution >= 4 is 17.5 Å². The molecule has 0 spiro atoms.